The Kier molecular flexibility index (Phi) is 12.7. The fourth-order valence-electron chi connectivity index (χ4n) is 11.2. The predicted molar refractivity (Wildman–Crippen MR) is 217 cm³/mol. The van der Waals surface area contributed by atoms with Crippen LogP contribution < -0.4 is 16.0 Å². The summed E-state index contributed by atoms with van der Waals surface area (Å²) in [7, 11) is 0. The Morgan fingerprint density at radius 1 is 0.950 bits per heavy atom. The maximum atomic E-state index is 14.1. The second kappa shape index (κ2) is 17.0. The Hall–Kier alpha value is -4.73. The van der Waals surface area contributed by atoms with Crippen LogP contribution in [-0.2, 0) is 33.5 Å². The van der Waals surface area contributed by atoms with Gasteiger partial charge in [-0.25, -0.2) is 4.79 Å². The van der Waals surface area contributed by atoms with E-state index in [4.69, 9.17) is 4.74 Å². The van der Waals surface area contributed by atoms with Crippen LogP contribution in [0.1, 0.15) is 97.3 Å². The lowest BCUT2D eigenvalue weighted by atomic mass is 9.44. The van der Waals surface area contributed by atoms with Gasteiger partial charge in [0.05, 0.1) is 6.10 Å². The first kappa shape index (κ1) is 44.8. The standard InChI is InChI=1S/C45H60N4O11/c1-23(2)35(48-39(55)32-14-11-19-49(32)40(56)26(5)47-37(53)25(4)46-38(54)27-12-9-8-10-13-27)41(57)60-42(58)36(52)45(59)18-16-30-29-20-24(3)31-21-28(50)15-17-43(31,6)34(29)33(51)22-44(30,45)7/h8-10,12-13,15,17,21,23-26,29-30,32-35,42,51,58-59H,11,14,16,18-20,22H2,1-7H3,(H,46,54)(H,47,53)(H,48,55)/t24-,25-,26-,29-,30-,32-,33-,34+,35-,42?,43-,44-,45-/m0/s1. The number of hydrogen-bond acceptors (Lipinski definition) is 11. The summed E-state index contributed by atoms with van der Waals surface area (Å²) in [5, 5.41) is 43.0. The maximum absolute atomic E-state index is 14.1. The van der Waals surface area contributed by atoms with Gasteiger partial charge in [-0.2, -0.15) is 0 Å². The minimum absolute atomic E-state index is 0.0182. The largest absolute Gasteiger partial charge is 0.427 e. The van der Waals surface area contributed by atoms with Crippen molar-refractivity contribution in [3.8, 4) is 0 Å². The van der Waals surface area contributed by atoms with E-state index in [1.165, 1.54) is 24.8 Å². The molecule has 0 spiro atoms. The average molecular weight is 833 g/mol. The molecule has 1 saturated heterocycles. The Bertz CT molecular complexity index is 1970. The molecule has 6 rings (SSSR count). The molecule has 326 valence electrons. The Morgan fingerprint density at radius 2 is 1.63 bits per heavy atom. The van der Waals surface area contributed by atoms with Crippen molar-refractivity contribution in [1.82, 2.24) is 20.9 Å². The number of aliphatic hydroxyl groups excluding tert-OH is 2. The Morgan fingerprint density at radius 3 is 2.30 bits per heavy atom. The van der Waals surface area contributed by atoms with Crippen molar-refractivity contribution in [3.05, 3.63) is 59.7 Å². The number of amides is 4. The zero-order valence-corrected chi connectivity index (χ0v) is 35.5. The topological polar surface area (TPSA) is 229 Å². The van der Waals surface area contributed by atoms with Crippen molar-refractivity contribution in [1.29, 1.82) is 0 Å². The number of nitrogens with one attached hydrogen (secondary N) is 3. The molecule has 4 aliphatic carbocycles. The molecular formula is C45H60N4O11. The van der Waals surface area contributed by atoms with E-state index in [-0.39, 0.29) is 55.3 Å². The van der Waals surface area contributed by atoms with Crippen molar-refractivity contribution in [2.45, 2.75) is 129 Å². The summed E-state index contributed by atoms with van der Waals surface area (Å²) >= 11 is 0. The van der Waals surface area contributed by atoms with Gasteiger partial charge in [0.25, 0.3) is 12.2 Å². The third kappa shape index (κ3) is 7.95. The molecule has 1 aromatic rings. The number of allylic oxidation sites excluding steroid dienone is 4. The highest BCUT2D eigenvalue weighted by molar-refractivity contribution is 6.01. The number of rotatable bonds is 12. The van der Waals surface area contributed by atoms with Crippen molar-refractivity contribution in [3.63, 3.8) is 0 Å². The van der Waals surface area contributed by atoms with Crippen LogP contribution in [0.3, 0.4) is 0 Å². The van der Waals surface area contributed by atoms with Crippen molar-refractivity contribution >= 4 is 41.2 Å². The summed E-state index contributed by atoms with van der Waals surface area (Å²) in [6, 6.07) is 3.99. The van der Waals surface area contributed by atoms with Crippen LogP contribution in [-0.4, -0.2) is 110 Å². The number of ether oxygens (including phenoxy) is 1. The molecule has 4 fully saturated rings. The van der Waals surface area contributed by atoms with Crippen LogP contribution in [0.5, 0.6) is 0 Å². The quantitative estimate of drug-likeness (QED) is 0.132. The zero-order chi connectivity index (χ0) is 44.1. The van der Waals surface area contributed by atoms with E-state index in [1.807, 2.05) is 19.9 Å². The fraction of sp³-hybridized carbons (Fsp3) is 0.622. The molecule has 4 amide bonds. The molecule has 3 saturated carbocycles. The first-order chi connectivity index (χ1) is 28.1. The Balaban J connectivity index is 1.07. The van der Waals surface area contributed by atoms with E-state index in [0.717, 1.165) is 5.57 Å². The van der Waals surface area contributed by atoms with Crippen LogP contribution in [0.4, 0.5) is 0 Å². The van der Waals surface area contributed by atoms with Gasteiger partial charge in [-0.05, 0) is 100 Å². The predicted octanol–water partition coefficient (Wildman–Crippen LogP) is 2.13. The third-order valence-corrected chi connectivity index (χ3v) is 14.4. The van der Waals surface area contributed by atoms with E-state index in [0.29, 0.717) is 24.8 Å². The number of esters is 1. The highest BCUT2D eigenvalue weighted by Crippen LogP contribution is 2.68. The molecule has 15 nitrogen and oxygen atoms in total. The summed E-state index contributed by atoms with van der Waals surface area (Å²) < 4.78 is 5.31. The number of benzene rings is 1. The van der Waals surface area contributed by atoms with Crippen molar-refractivity contribution in [2.75, 3.05) is 6.54 Å². The summed E-state index contributed by atoms with van der Waals surface area (Å²) in [6.45, 7) is 12.3. The summed E-state index contributed by atoms with van der Waals surface area (Å²) in [5.41, 5.74) is -2.54. The third-order valence-electron chi connectivity index (χ3n) is 14.4. The van der Waals surface area contributed by atoms with Crippen LogP contribution >= 0.6 is 0 Å². The molecule has 5 aliphatic rings. The van der Waals surface area contributed by atoms with E-state index in [1.54, 1.807) is 57.2 Å². The maximum Gasteiger partial charge on any atom is 0.331 e. The number of aliphatic hydroxyl groups is 3. The van der Waals surface area contributed by atoms with Gasteiger partial charge in [0.15, 0.2) is 5.78 Å². The first-order valence-corrected chi connectivity index (χ1v) is 21.2. The minimum atomic E-state index is -2.37. The van der Waals surface area contributed by atoms with Gasteiger partial charge in [0.1, 0.15) is 29.8 Å². The van der Waals surface area contributed by atoms with E-state index in [9.17, 15) is 48.9 Å². The number of ketones is 2. The molecule has 0 bridgehead atoms. The lowest BCUT2D eigenvalue weighted by molar-refractivity contribution is -0.204. The number of carbonyl (C=O) groups excluding carboxylic acids is 7. The number of Topliss-reactive ketones (excluding diaryl/α,β-unsaturated/α-hetero) is 1. The van der Waals surface area contributed by atoms with Gasteiger partial charge < -0.3 is 40.9 Å². The molecule has 60 heavy (non-hydrogen) atoms. The number of carbonyl (C=O) groups is 7. The second-order valence-electron chi connectivity index (χ2n) is 18.5. The van der Waals surface area contributed by atoms with Gasteiger partial charge >= 0.3 is 5.97 Å². The monoisotopic (exact) mass is 832 g/mol. The molecular weight excluding hydrogens is 773 g/mol. The SMILES string of the molecule is CC(C)[C@H](NC(=O)[C@@H]1CCCN1C(=O)[C@H](C)NC(=O)[C@H](C)NC(=O)c1ccccc1)C(=O)OC(O)C(=O)[C@@]1(O)CC[C@H]2[C@@H]3C[C@H](C)C4=CC(=O)C=C[C@]4(C)[C@H]3[C@@H](O)C[C@@]21C. The van der Waals surface area contributed by atoms with Gasteiger partial charge in [-0.1, -0.05) is 64.5 Å². The summed E-state index contributed by atoms with van der Waals surface area (Å²) in [5.74, 6) is -5.70. The zero-order valence-electron chi connectivity index (χ0n) is 35.5. The molecule has 0 radical (unpaired) electrons. The van der Waals surface area contributed by atoms with Crippen molar-refractivity contribution in [2.24, 2.45) is 40.4 Å². The molecule has 1 heterocycles. The lowest BCUT2D eigenvalue weighted by Gasteiger charge is -2.60. The van der Waals surface area contributed by atoms with E-state index in [2.05, 4.69) is 16.0 Å². The normalized spacial score (nSPS) is 33.9. The van der Waals surface area contributed by atoms with E-state index >= 15 is 0 Å². The molecule has 1 unspecified atom stereocenters. The summed E-state index contributed by atoms with van der Waals surface area (Å²) in [6.07, 6.45) is 3.63. The van der Waals surface area contributed by atoms with Crippen LogP contribution in [0, 0.1) is 40.4 Å². The number of hydrogen-bond donors (Lipinski definition) is 6. The fourth-order valence-corrected chi connectivity index (χ4v) is 11.2. The molecule has 15 heteroatoms. The van der Waals surface area contributed by atoms with Gasteiger partial charge in [0, 0.05) is 28.9 Å². The first-order valence-electron chi connectivity index (χ1n) is 21.2. The van der Waals surface area contributed by atoms with Gasteiger partial charge in [-0.3, -0.25) is 28.8 Å². The van der Waals surface area contributed by atoms with Crippen LogP contribution in [0.15, 0.2) is 54.1 Å². The molecule has 6 N–H and O–H groups in total. The van der Waals surface area contributed by atoms with Gasteiger partial charge in [-0.15, -0.1) is 0 Å². The number of likely N-dealkylation sites (tertiary alicyclic amines) is 1. The lowest BCUT2D eigenvalue weighted by Crippen LogP contribution is -2.63. The van der Waals surface area contributed by atoms with Crippen LogP contribution in [0.25, 0.3) is 0 Å². The minimum Gasteiger partial charge on any atom is -0.427 e. The van der Waals surface area contributed by atoms with Gasteiger partial charge in [0.2, 0.25) is 23.5 Å². The molecule has 0 aromatic heterocycles. The highest BCUT2D eigenvalue weighted by Gasteiger charge is 2.69. The average Bonchev–Trinajstić information content (AvgIpc) is 3.79. The molecule has 1 aliphatic heterocycles. The van der Waals surface area contributed by atoms with Crippen molar-refractivity contribution < 1.29 is 53.6 Å². The second-order valence-corrected chi connectivity index (χ2v) is 18.5. The Labute approximate surface area is 350 Å². The van der Waals surface area contributed by atoms with E-state index < -0.39 is 94.3 Å². The van der Waals surface area contributed by atoms with Crippen LogP contribution in [0.2, 0.25) is 0 Å². The summed E-state index contributed by atoms with van der Waals surface area (Å²) in [4.78, 5) is 94.0. The smallest absolute Gasteiger partial charge is 0.331 e. The molecule has 1 aromatic carbocycles. The number of fused-ring (bicyclic) bond motifs is 5. The number of nitrogens with zero attached hydrogens (tertiary/aromatic N) is 1. The highest BCUT2D eigenvalue weighted by atomic mass is 16.6. The molecule has 13 atom stereocenters.